The van der Waals surface area contributed by atoms with Crippen LogP contribution in [-0.2, 0) is 13.1 Å². The summed E-state index contributed by atoms with van der Waals surface area (Å²) < 4.78 is 0. The molecule has 0 amide bonds. The van der Waals surface area contributed by atoms with E-state index in [1.54, 1.807) is 11.3 Å². The van der Waals surface area contributed by atoms with Crippen LogP contribution in [0.5, 0.6) is 0 Å². The number of aromatic nitrogens is 2. The SMILES string of the molecule is NCc1cc(CN2CCN(c3nccs3)CC2)ccn1. The Morgan fingerprint density at radius 1 is 1.15 bits per heavy atom. The lowest BCUT2D eigenvalue weighted by molar-refractivity contribution is 0.249. The molecule has 0 aromatic carbocycles. The predicted molar refractivity (Wildman–Crippen MR) is 81.7 cm³/mol. The molecule has 0 unspecified atom stereocenters. The summed E-state index contributed by atoms with van der Waals surface area (Å²) in [5.41, 5.74) is 7.89. The standard InChI is InChI=1S/C14H19N5S/c15-10-13-9-12(1-2-16-13)11-18-4-6-19(7-5-18)14-17-3-8-20-14/h1-3,8-9H,4-7,10-11,15H2. The van der Waals surface area contributed by atoms with Crippen LogP contribution in [0.4, 0.5) is 5.13 Å². The highest BCUT2D eigenvalue weighted by Crippen LogP contribution is 2.19. The molecule has 1 aliphatic rings. The Bertz CT molecular complexity index is 534. The lowest BCUT2D eigenvalue weighted by atomic mass is 10.2. The maximum absolute atomic E-state index is 5.64. The summed E-state index contributed by atoms with van der Waals surface area (Å²) in [6, 6.07) is 4.18. The molecule has 2 N–H and O–H groups in total. The van der Waals surface area contributed by atoms with Crippen LogP contribution in [0.2, 0.25) is 0 Å². The molecule has 0 atom stereocenters. The van der Waals surface area contributed by atoms with E-state index in [4.69, 9.17) is 5.73 Å². The van der Waals surface area contributed by atoms with Gasteiger partial charge in [0.05, 0.1) is 5.69 Å². The van der Waals surface area contributed by atoms with E-state index >= 15 is 0 Å². The summed E-state index contributed by atoms with van der Waals surface area (Å²) >= 11 is 1.71. The molecule has 20 heavy (non-hydrogen) atoms. The van der Waals surface area contributed by atoms with Crippen molar-refractivity contribution in [3.63, 3.8) is 0 Å². The molecular weight excluding hydrogens is 270 g/mol. The van der Waals surface area contributed by atoms with Gasteiger partial charge in [0.25, 0.3) is 0 Å². The first-order valence-corrected chi connectivity index (χ1v) is 7.74. The van der Waals surface area contributed by atoms with Crippen LogP contribution in [0.25, 0.3) is 0 Å². The maximum Gasteiger partial charge on any atom is 0.185 e. The molecule has 2 aromatic rings. The Morgan fingerprint density at radius 2 is 2.00 bits per heavy atom. The second-order valence-electron chi connectivity index (χ2n) is 4.94. The minimum atomic E-state index is 0.506. The molecule has 1 fully saturated rings. The van der Waals surface area contributed by atoms with Crippen molar-refractivity contribution in [2.24, 2.45) is 5.73 Å². The molecule has 2 aromatic heterocycles. The van der Waals surface area contributed by atoms with Crippen molar-refractivity contribution < 1.29 is 0 Å². The van der Waals surface area contributed by atoms with Gasteiger partial charge in [0.15, 0.2) is 5.13 Å². The van der Waals surface area contributed by atoms with Crippen molar-refractivity contribution in [1.29, 1.82) is 0 Å². The Balaban J connectivity index is 1.55. The van der Waals surface area contributed by atoms with Crippen LogP contribution in [0.1, 0.15) is 11.3 Å². The largest absolute Gasteiger partial charge is 0.346 e. The quantitative estimate of drug-likeness (QED) is 0.920. The molecule has 0 bridgehead atoms. The summed E-state index contributed by atoms with van der Waals surface area (Å²) in [4.78, 5) is 13.4. The Kier molecular flexibility index (Phi) is 4.25. The number of rotatable bonds is 4. The third-order valence-electron chi connectivity index (χ3n) is 3.56. The topological polar surface area (TPSA) is 58.3 Å². The average molecular weight is 289 g/mol. The summed E-state index contributed by atoms with van der Waals surface area (Å²) in [6.07, 6.45) is 3.72. The van der Waals surface area contributed by atoms with Crippen LogP contribution in [-0.4, -0.2) is 41.0 Å². The Morgan fingerprint density at radius 3 is 2.70 bits per heavy atom. The number of nitrogens with two attached hydrogens (primary N) is 1. The monoisotopic (exact) mass is 289 g/mol. The van der Waals surface area contributed by atoms with Crippen molar-refractivity contribution in [2.75, 3.05) is 31.1 Å². The Labute approximate surface area is 123 Å². The number of nitrogens with zero attached hydrogens (tertiary/aromatic N) is 4. The van der Waals surface area contributed by atoms with Gasteiger partial charge in [-0.25, -0.2) is 4.98 Å². The van der Waals surface area contributed by atoms with E-state index < -0.39 is 0 Å². The van der Waals surface area contributed by atoms with Gasteiger partial charge in [-0.2, -0.15) is 0 Å². The molecule has 1 saturated heterocycles. The molecule has 0 radical (unpaired) electrons. The molecular formula is C14H19N5S. The fourth-order valence-corrected chi connectivity index (χ4v) is 3.16. The maximum atomic E-state index is 5.64. The molecule has 3 rings (SSSR count). The zero-order valence-corrected chi connectivity index (χ0v) is 12.2. The van der Waals surface area contributed by atoms with Gasteiger partial charge >= 0.3 is 0 Å². The van der Waals surface area contributed by atoms with Gasteiger partial charge in [-0.1, -0.05) is 0 Å². The highest BCUT2D eigenvalue weighted by molar-refractivity contribution is 7.13. The minimum Gasteiger partial charge on any atom is -0.346 e. The van der Waals surface area contributed by atoms with Gasteiger partial charge in [0, 0.05) is 57.0 Å². The third-order valence-corrected chi connectivity index (χ3v) is 4.39. The molecule has 0 saturated carbocycles. The number of anilines is 1. The number of piperazine rings is 1. The van der Waals surface area contributed by atoms with Gasteiger partial charge in [-0.3, -0.25) is 9.88 Å². The fourth-order valence-electron chi connectivity index (χ4n) is 2.47. The van der Waals surface area contributed by atoms with E-state index in [9.17, 15) is 0 Å². The predicted octanol–water partition coefficient (Wildman–Crippen LogP) is 1.32. The summed E-state index contributed by atoms with van der Waals surface area (Å²) in [6.45, 7) is 5.71. The van der Waals surface area contributed by atoms with E-state index in [0.29, 0.717) is 6.54 Å². The van der Waals surface area contributed by atoms with E-state index in [1.807, 2.05) is 17.8 Å². The Hall–Kier alpha value is -1.50. The number of pyridine rings is 1. The minimum absolute atomic E-state index is 0.506. The second kappa shape index (κ2) is 6.30. The van der Waals surface area contributed by atoms with E-state index in [0.717, 1.165) is 43.5 Å². The highest BCUT2D eigenvalue weighted by atomic mass is 32.1. The lowest BCUT2D eigenvalue weighted by Gasteiger charge is -2.34. The summed E-state index contributed by atoms with van der Waals surface area (Å²) in [5.74, 6) is 0. The summed E-state index contributed by atoms with van der Waals surface area (Å²) in [7, 11) is 0. The van der Waals surface area contributed by atoms with Gasteiger partial charge in [0.1, 0.15) is 0 Å². The molecule has 3 heterocycles. The highest BCUT2D eigenvalue weighted by Gasteiger charge is 2.18. The summed E-state index contributed by atoms with van der Waals surface area (Å²) in [5, 5.41) is 3.17. The van der Waals surface area contributed by atoms with E-state index in [2.05, 4.69) is 31.9 Å². The van der Waals surface area contributed by atoms with Gasteiger partial charge < -0.3 is 10.6 Å². The number of hydrogen-bond acceptors (Lipinski definition) is 6. The van der Waals surface area contributed by atoms with E-state index in [-0.39, 0.29) is 0 Å². The van der Waals surface area contributed by atoms with Crippen molar-refractivity contribution >= 4 is 16.5 Å². The van der Waals surface area contributed by atoms with E-state index in [1.165, 1.54) is 5.56 Å². The smallest absolute Gasteiger partial charge is 0.185 e. The zero-order valence-electron chi connectivity index (χ0n) is 11.4. The van der Waals surface area contributed by atoms with Crippen molar-refractivity contribution in [3.8, 4) is 0 Å². The first-order valence-electron chi connectivity index (χ1n) is 6.86. The zero-order chi connectivity index (χ0) is 13.8. The van der Waals surface area contributed by atoms with Crippen molar-refractivity contribution in [2.45, 2.75) is 13.1 Å². The first kappa shape index (κ1) is 13.5. The van der Waals surface area contributed by atoms with Crippen LogP contribution >= 0.6 is 11.3 Å². The number of hydrogen-bond donors (Lipinski definition) is 1. The molecule has 0 aliphatic carbocycles. The molecule has 0 spiro atoms. The van der Waals surface area contributed by atoms with Crippen LogP contribution in [0.15, 0.2) is 29.9 Å². The van der Waals surface area contributed by atoms with Crippen molar-refractivity contribution in [1.82, 2.24) is 14.9 Å². The molecule has 1 aliphatic heterocycles. The fraction of sp³-hybridized carbons (Fsp3) is 0.429. The second-order valence-corrected chi connectivity index (χ2v) is 5.81. The van der Waals surface area contributed by atoms with Gasteiger partial charge in [-0.05, 0) is 17.7 Å². The third kappa shape index (κ3) is 3.15. The average Bonchev–Trinajstić information content (AvgIpc) is 3.02. The van der Waals surface area contributed by atoms with Gasteiger partial charge in [-0.15, -0.1) is 11.3 Å². The molecule has 5 nitrogen and oxygen atoms in total. The molecule has 106 valence electrons. The van der Waals surface area contributed by atoms with Gasteiger partial charge in [0.2, 0.25) is 0 Å². The number of thiazole rings is 1. The van der Waals surface area contributed by atoms with Crippen LogP contribution < -0.4 is 10.6 Å². The first-order chi connectivity index (χ1) is 9.85. The normalized spacial score (nSPS) is 16.6. The van der Waals surface area contributed by atoms with Crippen molar-refractivity contribution in [3.05, 3.63) is 41.2 Å². The van der Waals surface area contributed by atoms with Crippen LogP contribution in [0, 0.1) is 0 Å². The lowest BCUT2D eigenvalue weighted by Crippen LogP contribution is -2.45. The molecule has 6 heteroatoms. The van der Waals surface area contributed by atoms with Crippen LogP contribution in [0.3, 0.4) is 0 Å².